The Morgan fingerprint density at radius 3 is 2.35 bits per heavy atom. The molecule has 0 atom stereocenters. The van der Waals surface area contributed by atoms with Crippen LogP contribution in [0, 0.1) is 14.9 Å². The van der Waals surface area contributed by atoms with Crippen molar-refractivity contribution in [2.45, 2.75) is 26.9 Å². The first-order valence-electron chi connectivity index (χ1n) is 10.8. The molecule has 5 nitrogen and oxygen atoms in total. The molecule has 0 bridgehead atoms. The highest BCUT2D eigenvalue weighted by Crippen LogP contribution is 2.35. The smallest absolute Gasteiger partial charge is 0.266 e. The Kier molecular flexibility index (Phi) is 9.37. The minimum absolute atomic E-state index is 0.00681. The second-order valence-corrected chi connectivity index (χ2v) is 8.95. The van der Waals surface area contributed by atoms with E-state index >= 15 is 0 Å². The first-order valence-corrected chi connectivity index (χ1v) is 12.2. The van der Waals surface area contributed by atoms with Crippen molar-refractivity contribution in [3.8, 4) is 17.6 Å². The number of ether oxygens (including phenoxy) is 2. The molecular weight excluding hydrogens is 563 g/mol. The number of amides is 1. The molecule has 0 saturated heterocycles. The molecule has 0 aliphatic rings. The second-order valence-electron chi connectivity index (χ2n) is 7.35. The molecule has 174 valence electrons. The van der Waals surface area contributed by atoms with E-state index in [0.717, 1.165) is 15.6 Å². The normalized spacial score (nSPS) is 11.0. The fourth-order valence-corrected chi connectivity index (χ4v) is 4.05. The Hall–Kier alpha value is -3.02. The highest BCUT2D eigenvalue weighted by atomic mass is 127. The van der Waals surface area contributed by atoms with E-state index in [9.17, 15) is 10.1 Å². The number of nitrogens with zero attached hydrogens (tertiary/aromatic N) is 1. The average Bonchev–Trinajstić information content (AvgIpc) is 2.83. The lowest BCUT2D eigenvalue weighted by Gasteiger charge is -2.15. The van der Waals surface area contributed by atoms with Crippen LogP contribution in [0.25, 0.3) is 6.08 Å². The van der Waals surface area contributed by atoms with Gasteiger partial charge in [-0.25, -0.2) is 0 Å². The van der Waals surface area contributed by atoms with E-state index in [0.29, 0.717) is 41.0 Å². The van der Waals surface area contributed by atoms with Crippen LogP contribution in [0.15, 0.2) is 66.2 Å². The number of rotatable bonds is 9. The number of nitriles is 1. The molecule has 7 heteroatoms. The van der Waals surface area contributed by atoms with E-state index in [-0.39, 0.29) is 5.57 Å². The lowest BCUT2D eigenvalue weighted by atomic mass is 10.1. The Balaban J connectivity index is 1.81. The van der Waals surface area contributed by atoms with Crippen molar-refractivity contribution in [3.63, 3.8) is 0 Å². The van der Waals surface area contributed by atoms with Crippen LogP contribution in [0.3, 0.4) is 0 Å². The molecule has 3 rings (SSSR count). The van der Waals surface area contributed by atoms with Gasteiger partial charge in [0.25, 0.3) is 5.91 Å². The van der Waals surface area contributed by atoms with Crippen LogP contribution < -0.4 is 14.8 Å². The highest BCUT2D eigenvalue weighted by Gasteiger charge is 2.15. The van der Waals surface area contributed by atoms with Crippen molar-refractivity contribution in [3.05, 3.63) is 91.5 Å². The summed E-state index contributed by atoms with van der Waals surface area (Å²) >= 11 is 8.11. The molecule has 0 saturated carbocycles. The fraction of sp³-hybridized carbons (Fsp3) is 0.185. The quantitative estimate of drug-likeness (QED) is 0.166. The van der Waals surface area contributed by atoms with E-state index < -0.39 is 5.91 Å². The third-order valence-corrected chi connectivity index (χ3v) is 5.98. The van der Waals surface area contributed by atoms with Gasteiger partial charge < -0.3 is 14.8 Å². The third-order valence-electron chi connectivity index (χ3n) is 4.92. The molecule has 0 aliphatic carbocycles. The maximum atomic E-state index is 12.7. The van der Waals surface area contributed by atoms with Crippen LogP contribution in [0.2, 0.25) is 5.02 Å². The number of anilines is 1. The van der Waals surface area contributed by atoms with E-state index in [1.54, 1.807) is 12.1 Å². The number of carbonyl (C=O) groups excluding carboxylic acids is 1. The summed E-state index contributed by atoms with van der Waals surface area (Å²) in [5, 5.41) is 13.0. The van der Waals surface area contributed by atoms with Gasteiger partial charge in [-0.05, 0) is 95.1 Å². The largest absolute Gasteiger partial charge is 0.490 e. The standard InChI is InChI=1S/C27H24ClIN2O3/c1-3-18-7-11-23(12-8-18)31-27(32)21(16-30)13-20-14-24(29)26(25(15-20)33-4-2)34-17-19-5-9-22(28)10-6-19/h5-15H,3-4,17H2,1-2H3,(H,31,32)/b21-13-. The summed E-state index contributed by atoms with van der Waals surface area (Å²) in [6.45, 7) is 4.75. The van der Waals surface area contributed by atoms with Crippen molar-refractivity contribution < 1.29 is 14.3 Å². The minimum Gasteiger partial charge on any atom is -0.490 e. The van der Waals surface area contributed by atoms with Crippen molar-refractivity contribution in [2.24, 2.45) is 0 Å². The van der Waals surface area contributed by atoms with Gasteiger partial charge in [-0.15, -0.1) is 0 Å². The van der Waals surface area contributed by atoms with Crippen LogP contribution in [-0.4, -0.2) is 12.5 Å². The van der Waals surface area contributed by atoms with Crippen LogP contribution in [0.5, 0.6) is 11.5 Å². The molecule has 1 amide bonds. The van der Waals surface area contributed by atoms with Gasteiger partial charge in [-0.3, -0.25) is 4.79 Å². The van der Waals surface area contributed by atoms with Gasteiger partial charge in [-0.1, -0.05) is 42.8 Å². The Labute approximate surface area is 218 Å². The zero-order chi connectivity index (χ0) is 24.5. The monoisotopic (exact) mass is 586 g/mol. The molecule has 0 unspecified atom stereocenters. The predicted octanol–water partition coefficient (Wildman–Crippen LogP) is 7.03. The summed E-state index contributed by atoms with van der Waals surface area (Å²) in [5.41, 5.74) is 3.44. The second kappa shape index (κ2) is 12.4. The number of halogens is 2. The summed E-state index contributed by atoms with van der Waals surface area (Å²) in [5.74, 6) is 0.679. The van der Waals surface area contributed by atoms with Gasteiger partial charge in [0.15, 0.2) is 11.5 Å². The lowest BCUT2D eigenvalue weighted by molar-refractivity contribution is -0.112. The molecule has 0 radical (unpaired) electrons. The van der Waals surface area contributed by atoms with Crippen molar-refractivity contribution in [1.82, 2.24) is 0 Å². The van der Waals surface area contributed by atoms with Crippen LogP contribution in [0.1, 0.15) is 30.5 Å². The fourth-order valence-electron chi connectivity index (χ4n) is 3.15. The number of nitrogens with one attached hydrogen (secondary N) is 1. The van der Waals surface area contributed by atoms with Crippen LogP contribution in [0.4, 0.5) is 5.69 Å². The molecule has 1 N–H and O–H groups in total. The number of benzene rings is 3. The number of carbonyl (C=O) groups is 1. The third kappa shape index (κ3) is 6.99. The average molecular weight is 587 g/mol. The molecule has 0 aliphatic heterocycles. The molecule has 34 heavy (non-hydrogen) atoms. The molecular formula is C27H24ClIN2O3. The van der Waals surface area contributed by atoms with Crippen molar-refractivity contribution in [2.75, 3.05) is 11.9 Å². The maximum Gasteiger partial charge on any atom is 0.266 e. The molecule has 3 aromatic carbocycles. The summed E-state index contributed by atoms with van der Waals surface area (Å²) in [6, 6.07) is 20.6. The zero-order valence-electron chi connectivity index (χ0n) is 18.9. The SMILES string of the molecule is CCOc1cc(/C=C(/C#N)C(=O)Nc2ccc(CC)cc2)cc(I)c1OCc1ccc(Cl)cc1. The van der Waals surface area contributed by atoms with Gasteiger partial charge in [0, 0.05) is 10.7 Å². The molecule has 0 fully saturated rings. The van der Waals surface area contributed by atoms with Gasteiger partial charge in [-0.2, -0.15) is 5.26 Å². The first-order chi connectivity index (χ1) is 16.4. The molecule has 0 spiro atoms. The zero-order valence-corrected chi connectivity index (χ0v) is 21.8. The summed E-state index contributed by atoms with van der Waals surface area (Å²) in [7, 11) is 0. The number of aryl methyl sites for hydroxylation is 1. The highest BCUT2D eigenvalue weighted by molar-refractivity contribution is 14.1. The van der Waals surface area contributed by atoms with Gasteiger partial charge in [0.05, 0.1) is 10.2 Å². The van der Waals surface area contributed by atoms with E-state index in [2.05, 4.69) is 34.8 Å². The Morgan fingerprint density at radius 2 is 1.74 bits per heavy atom. The topological polar surface area (TPSA) is 71.3 Å². The van der Waals surface area contributed by atoms with Crippen LogP contribution >= 0.6 is 34.2 Å². The molecule has 3 aromatic rings. The van der Waals surface area contributed by atoms with Gasteiger partial charge >= 0.3 is 0 Å². The molecule has 0 heterocycles. The summed E-state index contributed by atoms with van der Waals surface area (Å²) in [6.07, 6.45) is 2.46. The van der Waals surface area contributed by atoms with Crippen molar-refractivity contribution in [1.29, 1.82) is 5.26 Å². The Bertz CT molecular complexity index is 1220. The number of hydrogen-bond donors (Lipinski definition) is 1. The maximum absolute atomic E-state index is 12.7. The summed E-state index contributed by atoms with van der Waals surface area (Å²) in [4.78, 5) is 12.7. The van der Waals surface area contributed by atoms with E-state index in [1.807, 2.05) is 67.6 Å². The molecule has 0 aromatic heterocycles. The Morgan fingerprint density at radius 1 is 1.06 bits per heavy atom. The van der Waals surface area contributed by atoms with Crippen molar-refractivity contribution >= 4 is 51.9 Å². The van der Waals surface area contributed by atoms with Gasteiger partial charge in [0.1, 0.15) is 18.2 Å². The first kappa shape index (κ1) is 25.6. The van der Waals surface area contributed by atoms with Gasteiger partial charge in [0.2, 0.25) is 0 Å². The van der Waals surface area contributed by atoms with E-state index in [1.165, 1.54) is 5.56 Å². The van der Waals surface area contributed by atoms with E-state index in [4.69, 9.17) is 21.1 Å². The minimum atomic E-state index is -0.470. The predicted molar refractivity (Wildman–Crippen MR) is 144 cm³/mol. The summed E-state index contributed by atoms with van der Waals surface area (Å²) < 4.78 is 12.6. The lowest BCUT2D eigenvalue weighted by Crippen LogP contribution is -2.13. The van der Waals surface area contributed by atoms with Crippen LogP contribution in [-0.2, 0) is 17.8 Å². The number of hydrogen-bond acceptors (Lipinski definition) is 4.